The molecule has 0 spiro atoms. The molecule has 0 atom stereocenters. The second-order valence-electron chi connectivity index (χ2n) is 4.81. The number of hydrogen-bond donors (Lipinski definition) is 1. The van der Waals surface area contributed by atoms with Crippen LogP contribution in [0.15, 0.2) is 12.3 Å². The van der Waals surface area contributed by atoms with E-state index < -0.39 is 0 Å². The third kappa shape index (κ3) is 3.67. The first-order valence-corrected chi connectivity index (χ1v) is 6.71. The molecule has 102 valence electrons. The Morgan fingerprint density at radius 3 is 2.67 bits per heavy atom. The molecule has 0 aliphatic heterocycles. The summed E-state index contributed by atoms with van der Waals surface area (Å²) in [5.41, 5.74) is 6.06. The summed E-state index contributed by atoms with van der Waals surface area (Å²) >= 11 is 0. The summed E-state index contributed by atoms with van der Waals surface area (Å²) in [7, 11) is 0. The lowest BCUT2D eigenvalue weighted by atomic mass is 10.2. The van der Waals surface area contributed by atoms with Crippen molar-refractivity contribution in [1.29, 1.82) is 0 Å². The molecule has 0 saturated heterocycles. The van der Waals surface area contributed by atoms with Gasteiger partial charge in [-0.1, -0.05) is 19.8 Å². The van der Waals surface area contributed by atoms with Crippen LogP contribution in [0.25, 0.3) is 0 Å². The number of pyridine rings is 1. The van der Waals surface area contributed by atoms with Crippen LogP contribution in [-0.4, -0.2) is 17.6 Å². The number of aromatic nitrogens is 1. The van der Waals surface area contributed by atoms with Crippen molar-refractivity contribution < 1.29 is 4.39 Å². The van der Waals surface area contributed by atoms with Gasteiger partial charge in [-0.2, -0.15) is 0 Å². The van der Waals surface area contributed by atoms with Crippen molar-refractivity contribution in [2.45, 2.75) is 52.6 Å². The zero-order chi connectivity index (χ0) is 13.5. The largest absolute Gasteiger partial charge is 0.352 e. The molecule has 0 radical (unpaired) electrons. The number of rotatable bonds is 7. The Morgan fingerprint density at radius 1 is 1.39 bits per heavy atom. The number of halogens is 1. The molecule has 3 nitrogen and oxygen atoms in total. The predicted molar refractivity (Wildman–Crippen MR) is 74.1 cm³/mol. The SMILES string of the molecule is CCCCCN(c1nccc(CN)c1F)C(C)C. The van der Waals surface area contributed by atoms with E-state index in [4.69, 9.17) is 5.73 Å². The summed E-state index contributed by atoms with van der Waals surface area (Å²) in [4.78, 5) is 6.20. The maximum absolute atomic E-state index is 14.2. The molecule has 1 aromatic rings. The maximum Gasteiger partial charge on any atom is 0.170 e. The van der Waals surface area contributed by atoms with Crippen LogP contribution in [0.5, 0.6) is 0 Å². The Labute approximate surface area is 109 Å². The van der Waals surface area contributed by atoms with Gasteiger partial charge < -0.3 is 10.6 Å². The fraction of sp³-hybridized carbons (Fsp3) is 0.643. The summed E-state index contributed by atoms with van der Waals surface area (Å²) in [5.74, 6) is 0.161. The van der Waals surface area contributed by atoms with Crippen molar-refractivity contribution in [3.05, 3.63) is 23.6 Å². The lowest BCUT2D eigenvalue weighted by Gasteiger charge is -2.28. The summed E-state index contributed by atoms with van der Waals surface area (Å²) in [5, 5.41) is 0. The quantitative estimate of drug-likeness (QED) is 0.759. The maximum atomic E-state index is 14.2. The van der Waals surface area contributed by atoms with Gasteiger partial charge in [0.15, 0.2) is 11.6 Å². The van der Waals surface area contributed by atoms with E-state index in [1.54, 1.807) is 12.3 Å². The normalized spacial score (nSPS) is 11.0. The van der Waals surface area contributed by atoms with Crippen molar-refractivity contribution in [3.63, 3.8) is 0 Å². The lowest BCUT2D eigenvalue weighted by molar-refractivity contribution is 0.565. The Kier molecular flexibility index (Phi) is 6.05. The van der Waals surface area contributed by atoms with Crippen LogP contribution in [0.1, 0.15) is 45.6 Å². The molecule has 0 unspecified atom stereocenters. The first kappa shape index (κ1) is 14.9. The van der Waals surface area contributed by atoms with E-state index in [0.717, 1.165) is 25.8 Å². The Bertz CT molecular complexity index is 366. The molecule has 0 fully saturated rings. The van der Waals surface area contributed by atoms with Gasteiger partial charge in [0.05, 0.1) is 0 Å². The van der Waals surface area contributed by atoms with Crippen LogP contribution in [0.2, 0.25) is 0 Å². The summed E-state index contributed by atoms with van der Waals surface area (Å²) in [6.07, 6.45) is 5.00. The third-order valence-electron chi connectivity index (χ3n) is 3.07. The second-order valence-corrected chi connectivity index (χ2v) is 4.81. The molecule has 4 heteroatoms. The van der Waals surface area contributed by atoms with Crippen LogP contribution in [-0.2, 0) is 6.54 Å². The van der Waals surface area contributed by atoms with Crippen LogP contribution in [0.3, 0.4) is 0 Å². The van der Waals surface area contributed by atoms with E-state index in [1.807, 2.05) is 4.90 Å². The fourth-order valence-corrected chi connectivity index (χ4v) is 1.97. The lowest BCUT2D eigenvalue weighted by Crippen LogP contribution is -2.33. The van der Waals surface area contributed by atoms with Crippen molar-refractivity contribution in [1.82, 2.24) is 4.98 Å². The minimum absolute atomic E-state index is 0.211. The van der Waals surface area contributed by atoms with Crippen molar-refractivity contribution in [2.24, 2.45) is 5.73 Å². The van der Waals surface area contributed by atoms with E-state index in [1.165, 1.54) is 0 Å². The van der Waals surface area contributed by atoms with Crippen LogP contribution < -0.4 is 10.6 Å². The van der Waals surface area contributed by atoms with Gasteiger partial charge in [-0.3, -0.25) is 0 Å². The molecule has 0 saturated carbocycles. The minimum Gasteiger partial charge on any atom is -0.352 e. The smallest absolute Gasteiger partial charge is 0.170 e. The van der Waals surface area contributed by atoms with E-state index in [2.05, 4.69) is 25.8 Å². The molecule has 0 aliphatic rings. The summed E-state index contributed by atoms with van der Waals surface area (Å²) in [6, 6.07) is 1.88. The second kappa shape index (κ2) is 7.31. The van der Waals surface area contributed by atoms with Gasteiger partial charge in [-0.25, -0.2) is 9.37 Å². The fourth-order valence-electron chi connectivity index (χ4n) is 1.97. The highest BCUT2D eigenvalue weighted by Crippen LogP contribution is 2.21. The molecular formula is C14H24FN3. The summed E-state index contributed by atoms with van der Waals surface area (Å²) in [6.45, 7) is 7.32. The van der Waals surface area contributed by atoms with Gasteiger partial charge in [0.25, 0.3) is 0 Å². The molecule has 0 amide bonds. The topological polar surface area (TPSA) is 42.2 Å². The standard InChI is InChI=1S/C14H24FN3/c1-4-5-6-9-18(11(2)3)14-13(15)12(10-16)7-8-17-14/h7-8,11H,4-6,9-10,16H2,1-3H3. The first-order chi connectivity index (χ1) is 8.61. The molecule has 18 heavy (non-hydrogen) atoms. The van der Waals surface area contributed by atoms with E-state index >= 15 is 0 Å². The average molecular weight is 253 g/mol. The van der Waals surface area contributed by atoms with Crippen molar-refractivity contribution >= 4 is 5.82 Å². The van der Waals surface area contributed by atoms with Gasteiger partial charge in [-0.15, -0.1) is 0 Å². The number of nitrogens with zero attached hydrogens (tertiary/aromatic N) is 2. The molecule has 2 N–H and O–H groups in total. The molecule has 1 aromatic heterocycles. The van der Waals surface area contributed by atoms with Gasteiger partial charge in [0.2, 0.25) is 0 Å². The highest BCUT2D eigenvalue weighted by Gasteiger charge is 2.17. The molecular weight excluding hydrogens is 229 g/mol. The number of hydrogen-bond acceptors (Lipinski definition) is 3. The van der Waals surface area contributed by atoms with Gasteiger partial charge >= 0.3 is 0 Å². The zero-order valence-electron chi connectivity index (χ0n) is 11.6. The van der Waals surface area contributed by atoms with Crippen molar-refractivity contribution in [2.75, 3.05) is 11.4 Å². The van der Waals surface area contributed by atoms with E-state index in [-0.39, 0.29) is 18.4 Å². The van der Waals surface area contributed by atoms with Crippen LogP contribution in [0.4, 0.5) is 10.2 Å². The first-order valence-electron chi connectivity index (χ1n) is 6.71. The monoisotopic (exact) mass is 253 g/mol. The average Bonchev–Trinajstić information content (AvgIpc) is 2.35. The molecule has 1 heterocycles. The molecule has 0 aliphatic carbocycles. The Balaban J connectivity index is 2.91. The summed E-state index contributed by atoms with van der Waals surface area (Å²) < 4.78 is 14.2. The highest BCUT2D eigenvalue weighted by atomic mass is 19.1. The Hall–Kier alpha value is -1.16. The molecule has 1 rings (SSSR count). The zero-order valence-corrected chi connectivity index (χ0v) is 11.6. The van der Waals surface area contributed by atoms with E-state index in [0.29, 0.717) is 11.4 Å². The molecule has 0 aromatic carbocycles. The minimum atomic E-state index is -0.273. The van der Waals surface area contributed by atoms with Crippen molar-refractivity contribution in [3.8, 4) is 0 Å². The van der Waals surface area contributed by atoms with Crippen LogP contribution >= 0.6 is 0 Å². The number of unbranched alkanes of at least 4 members (excludes halogenated alkanes) is 2. The number of anilines is 1. The predicted octanol–water partition coefficient (Wildman–Crippen LogP) is 3.08. The van der Waals surface area contributed by atoms with Gasteiger partial charge in [-0.05, 0) is 26.3 Å². The Morgan fingerprint density at radius 2 is 2.11 bits per heavy atom. The molecule has 0 bridgehead atoms. The highest BCUT2D eigenvalue weighted by molar-refractivity contribution is 5.43. The van der Waals surface area contributed by atoms with Gasteiger partial charge in [0.1, 0.15) is 0 Å². The third-order valence-corrected chi connectivity index (χ3v) is 3.07. The number of nitrogens with two attached hydrogens (primary N) is 1. The van der Waals surface area contributed by atoms with E-state index in [9.17, 15) is 4.39 Å². The van der Waals surface area contributed by atoms with Gasteiger partial charge in [0, 0.05) is 30.9 Å². The van der Waals surface area contributed by atoms with Crippen LogP contribution in [0, 0.1) is 5.82 Å².